The zero-order chi connectivity index (χ0) is 12.1. The van der Waals surface area contributed by atoms with Crippen molar-refractivity contribution in [2.45, 2.75) is 20.0 Å². The van der Waals surface area contributed by atoms with E-state index in [1.807, 2.05) is 13.8 Å². The Morgan fingerprint density at radius 3 is 2.75 bits per heavy atom. The highest BCUT2D eigenvalue weighted by molar-refractivity contribution is 5.95. The molecule has 0 aromatic carbocycles. The highest BCUT2D eigenvalue weighted by Crippen LogP contribution is 2.07. The quantitative estimate of drug-likeness (QED) is 0.770. The number of hydrogen-bond donors (Lipinski definition) is 1. The smallest absolute Gasteiger partial charge is 0.279 e. The van der Waals surface area contributed by atoms with Gasteiger partial charge in [-0.05, 0) is 24.2 Å². The van der Waals surface area contributed by atoms with Gasteiger partial charge in [-0.3, -0.25) is 4.79 Å². The van der Waals surface area contributed by atoms with E-state index in [1.54, 1.807) is 7.05 Å². The highest BCUT2D eigenvalue weighted by Gasteiger charge is 2.19. The van der Waals surface area contributed by atoms with Crippen molar-refractivity contribution in [3.8, 4) is 0 Å². The zero-order valence-electron chi connectivity index (χ0n) is 9.64. The van der Waals surface area contributed by atoms with E-state index in [9.17, 15) is 4.79 Å². The molecule has 0 aliphatic carbocycles. The fourth-order valence-electron chi connectivity index (χ4n) is 1.05. The van der Waals surface area contributed by atoms with Crippen LogP contribution in [-0.4, -0.2) is 47.4 Å². The second-order valence-electron chi connectivity index (χ2n) is 3.64. The summed E-state index contributed by atoms with van der Waals surface area (Å²) in [6.45, 7) is 4.79. The van der Waals surface area contributed by atoms with Crippen LogP contribution in [0.5, 0.6) is 0 Å². The first-order valence-corrected chi connectivity index (χ1v) is 4.97. The number of nitrogens with zero attached hydrogens (tertiary/aromatic N) is 3. The summed E-state index contributed by atoms with van der Waals surface area (Å²) in [4.78, 5) is 13.2. The topological polar surface area (TPSA) is 94.5 Å². The molecule has 0 spiro atoms. The van der Waals surface area contributed by atoms with Crippen LogP contribution >= 0.6 is 0 Å². The SMILES string of the molecule is CC(C)OCCN(C)C(=O)c1nonc1N. The second kappa shape index (κ2) is 5.45. The summed E-state index contributed by atoms with van der Waals surface area (Å²) in [5.41, 5.74) is 5.44. The van der Waals surface area contributed by atoms with Crippen LogP contribution in [0.2, 0.25) is 0 Å². The number of likely N-dealkylation sites (N-methyl/N-ethyl adjacent to an activating group) is 1. The normalized spacial score (nSPS) is 10.8. The summed E-state index contributed by atoms with van der Waals surface area (Å²) in [5.74, 6) is -0.326. The summed E-state index contributed by atoms with van der Waals surface area (Å²) in [5, 5.41) is 6.78. The van der Waals surface area contributed by atoms with E-state index in [-0.39, 0.29) is 23.5 Å². The first kappa shape index (κ1) is 12.4. The van der Waals surface area contributed by atoms with Crippen LogP contribution < -0.4 is 5.73 Å². The molecule has 0 atom stereocenters. The molecule has 1 amide bonds. The summed E-state index contributed by atoms with van der Waals surface area (Å²) < 4.78 is 9.68. The molecule has 16 heavy (non-hydrogen) atoms. The van der Waals surface area contributed by atoms with Gasteiger partial charge in [0.15, 0.2) is 0 Å². The number of nitrogen functional groups attached to an aromatic ring is 1. The molecular formula is C9H16N4O3. The molecule has 7 nitrogen and oxygen atoms in total. The maximum absolute atomic E-state index is 11.7. The average Bonchev–Trinajstić information content (AvgIpc) is 2.62. The molecule has 2 N–H and O–H groups in total. The van der Waals surface area contributed by atoms with Gasteiger partial charge in [-0.2, -0.15) is 0 Å². The number of aromatic nitrogens is 2. The van der Waals surface area contributed by atoms with Crippen LogP contribution in [0.15, 0.2) is 4.63 Å². The minimum Gasteiger partial charge on any atom is -0.379 e. The van der Waals surface area contributed by atoms with Gasteiger partial charge in [0, 0.05) is 13.6 Å². The van der Waals surface area contributed by atoms with E-state index in [4.69, 9.17) is 10.5 Å². The Balaban J connectivity index is 2.46. The molecule has 0 radical (unpaired) electrons. The maximum Gasteiger partial charge on any atom is 0.279 e. The van der Waals surface area contributed by atoms with Gasteiger partial charge in [-0.15, -0.1) is 0 Å². The van der Waals surface area contributed by atoms with E-state index in [1.165, 1.54) is 4.90 Å². The molecular weight excluding hydrogens is 212 g/mol. The molecule has 1 aromatic rings. The molecule has 90 valence electrons. The van der Waals surface area contributed by atoms with Crippen LogP contribution in [0.25, 0.3) is 0 Å². The van der Waals surface area contributed by atoms with Crippen LogP contribution in [0.1, 0.15) is 24.3 Å². The van der Waals surface area contributed by atoms with Gasteiger partial charge in [0.2, 0.25) is 11.5 Å². The minimum absolute atomic E-state index is 0.00151. The van der Waals surface area contributed by atoms with Gasteiger partial charge in [-0.1, -0.05) is 0 Å². The molecule has 0 bridgehead atoms. The van der Waals surface area contributed by atoms with Gasteiger partial charge in [0.1, 0.15) is 0 Å². The first-order chi connectivity index (χ1) is 7.52. The highest BCUT2D eigenvalue weighted by atomic mass is 16.6. The summed E-state index contributed by atoms with van der Waals surface area (Å²) in [6.07, 6.45) is 0.141. The lowest BCUT2D eigenvalue weighted by Crippen LogP contribution is -2.31. The Kier molecular flexibility index (Phi) is 4.24. The molecule has 0 unspecified atom stereocenters. The summed E-state index contributed by atoms with van der Waals surface area (Å²) >= 11 is 0. The molecule has 0 saturated carbocycles. The molecule has 1 heterocycles. The third kappa shape index (κ3) is 3.20. The largest absolute Gasteiger partial charge is 0.379 e. The second-order valence-corrected chi connectivity index (χ2v) is 3.64. The number of rotatable bonds is 5. The lowest BCUT2D eigenvalue weighted by molar-refractivity contribution is 0.0527. The minimum atomic E-state index is -0.328. The van der Waals surface area contributed by atoms with E-state index >= 15 is 0 Å². The van der Waals surface area contributed by atoms with Crippen molar-refractivity contribution < 1.29 is 14.2 Å². The number of nitrogens with two attached hydrogens (primary N) is 1. The third-order valence-electron chi connectivity index (χ3n) is 1.94. The van der Waals surface area contributed by atoms with Crippen molar-refractivity contribution in [1.29, 1.82) is 0 Å². The standard InChI is InChI=1S/C9H16N4O3/c1-6(2)15-5-4-13(3)9(14)7-8(10)12-16-11-7/h6H,4-5H2,1-3H3,(H2,10,12). The van der Waals surface area contributed by atoms with E-state index in [0.717, 1.165) is 0 Å². The Morgan fingerprint density at radius 1 is 1.56 bits per heavy atom. The van der Waals surface area contributed by atoms with Crippen molar-refractivity contribution in [3.05, 3.63) is 5.69 Å². The first-order valence-electron chi connectivity index (χ1n) is 4.97. The van der Waals surface area contributed by atoms with Crippen LogP contribution in [-0.2, 0) is 4.74 Å². The number of ether oxygens (including phenoxy) is 1. The van der Waals surface area contributed by atoms with Gasteiger partial charge < -0.3 is 15.4 Å². The number of amides is 1. The molecule has 0 saturated heterocycles. The van der Waals surface area contributed by atoms with Crippen LogP contribution in [0.4, 0.5) is 5.82 Å². The van der Waals surface area contributed by atoms with Crippen molar-refractivity contribution >= 4 is 11.7 Å². The summed E-state index contributed by atoms with van der Waals surface area (Å²) in [7, 11) is 1.64. The number of carbonyl (C=O) groups is 1. The summed E-state index contributed by atoms with van der Waals surface area (Å²) in [6, 6.07) is 0. The number of hydrogen-bond acceptors (Lipinski definition) is 6. The van der Waals surface area contributed by atoms with E-state index in [2.05, 4.69) is 14.9 Å². The lowest BCUT2D eigenvalue weighted by Gasteiger charge is -2.16. The predicted molar refractivity (Wildman–Crippen MR) is 56.8 cm³/mol. The molecule has 7 heteroatoms. The Labute approximate surface area is 93.5 Å². The van der Waals surface area contributed by atoms with Crippen LogP contribution in [0.3, 0.4) is 0 Å². The average molecular weight is 228 g/mol. The zero-order valence-corrected chi connectivity index (χ0v) is 9.64. The molecule has 0 fully saturated rings. The monoisotopic (exact) mass is 228 g/mol. The Morgan fingerprint density at radius 2 is 2.25 bits per heavy atom. The van der Waals surface area contributed by atoms with Gasteiger partial charge in [-0.25, -0.2) is 4.63 Å². The molecule has 1 aromatic heterocycles. The Hall–Kier alpha value is -1.63. The fourth-order valence-corrected chi connectivity index (χ4v) is 1.05. The predicted octanol–water partition coefficient (Wildman–Crippen LogP) is 0.149. The van der Waals surface area contributed by atoms with Crippen molar-refractivity contribution in [1.82, 2.24) is 15.2 Å². The van der Waals surface area contributed by atoms with Gasteiger partial charge >= 0.3 is 0 Å². The van der Waals surface area contributed by atoms with E-state index < -0.39 is 0 Å². The maximum atomic E-state index is 11.7. The van der Waals surface area contributed by atoms with Crippen LogP contribution in [0, 0.1) is 0 Å². The fraction of sp³-hybridized carbons (Fsp3) is 0.667. The Bertz CT molecular complexity index is 350. The van der Waals surface area contributed by atoms with E-state index in [0.29, 0.717) is 13.2 Å². The molecule has 0 aliphatic rings. The third-order valence-corrected chi connectivity index (χ3v) is 1.94. The lowest BCUT2D eigenvalue weighted by atomic mass is 10.3. The number of anilines is 1. The van der Waals surface area contributed by atoms with Gasteiger partial charge in [0.05, 0.1) is 12.7 Å². The number of carbonyl (C=O) groups excluding carboxylic acids is 1. The van der Waals surface area contributed by atoms with Crippen molar-refractivity contribution in [2.75, 3.05) is 25.9 Å². The molecule has 1 rings (SSSR count). The van der Waals surface area contributed by atoms with Crippen molar-refractivity contribution in [3.63, 3.8) is 0 Å². The van der Waals surface area contributed by atoms with Crippen molar-refractivity contribution in [2.24, 2.45) is 0 Å². The van der Waals surface area contributed by atoms with Gasteiger partial charge in [0.25, 0.3) is 5.91 Å². The molecule has 0 aliphatic heterocycles.